The van der Waals surface area contributed by atoms with Crippen molar-refractivity contribution in [3.8, 4) is 11.5 Å². The van der Waals surface area contributed by atoms with E-state index < -0.39 is 0 Å². The van der Waals surface area contributed by atoms with Crippen molar-refractivity contribution in [1.29, 1.82) is 0 Å². The second-order valence-corrected chi connectivity index (χ2v) is 8.36. The third-order valence-corrected chi connectivity index (χ3v) is 6.39. The fourth-order valence-electron chi connectivity index (χ4n) is 3.94. The van der Waals surface area contributed by atoms with Gasteiger partial charge in [-0.2, -0.15) is 4.37 Å². The lowest BCUT2D eigenvalue weighted by Gasteiger charge is -2.36. The van der Waals surface area contributed by atoms with Gasteiger partial charge in [-0.05, 0) is 19.1 Å². The minimum absolute atomic E-state index is 0.221. The number of benzene rings is 1. The van der Waals surface area contributed by atoms with E-state index in [4.69, 9.17) is 9.47 Å². The van der Waals surface area contributed by atoms with E-state index in [0.29, 0.717) is 6.54 Å². The Morgan fingerprint density at radius 3 is 2.80 bits per heavy atom. The second-order valence-electron chi connectivity index (χ2n) is 7.63. The number of anilines is 1. The van der Waals surface area contributed by atoms with E-state index in [9.17, 15) is 0 Å². The maximum Gasteiger partial charge on any atom is 0.205 e. The second kappa shape index (κ2) is 9.07. The van der Waals surface area contributed by atoms with Crippen LogP contribution in [-0.2, 0) is 19.4 Å². The predicted molar refractivity (Wildman–Crippen MR) is 120 cm³/mol. The van der Waals surface area contributed by atoms with Crippen molar-refractivity contribution in [2.45, 2.75) is 39.3 Å². The van der Waals surface area contributed by atoms with Crippen molar-refractivity contribution in [3.05, 3.63) is 29.1 Å². The molecule has 2 aromatic rings. The van der Waals surface area contributed by atoms with Crippen LogP contribution in [0.3, 0.4) is 0 Å². The van der Waals surface area contributed by atoms with Gasteiger partial charge in [0, 0.05) is 75.3 Å². The van der Waals surface area contributed by atoms with Crippen LogP contribution in [0.15, 0.2) is 17.1 Å². The molecule has 0 saturated carbocycles. The molecule has 0 amide bonds. The summed E-state index contributed by atoms with van der Waals surface area (Å²) in [6.07, 6.45) is 2.03. The fraction of sp³-hybridized carbons (Fsp3) is 0.571. The third kappa shape index (κ3) is 4.30. The first-order valence-electron chi connectivity index (χ1n) is 10.5. The minimum atomic E-state index is 0.221. The molecule has 1 aromatic heterocycles. The monoisotopic (exact) mass is 430 g/mol. The molecule has 1 N–H and O–H groups in total. The SMILES string of the molecule is CCc1nsc(N2CCN(C(=NC)NCc3cc4c(cc3OC)CC(C)O4)CC2)n1. The Labute approximate surface area is 182 Å². The molecule has 2 aliphatic heterocycles. The number of hydrogen-bond donors (Lipinski definition) is 1. The molecule has 2 aliphatic rings. The Kier molecular flexibility index (Phi) is 6.26. The van der Waals surface area contributed by atoms with E-state index in [0.717, 1.165) is 73.0 Å². The van der Waals surface area contributed by atoms with E-state index in [-0.39, 0.29) is 6.10 Å². The van der Waals surface area contributed by atoms with Gasteiger partial charge in [0.15, 0.2) is 5.96 Å². The molecule has 1 aromatic carbocycles. The molecule has 0 bridgehead atoms. The third-order valence-electron chi connectivity index (χ3n) is 5.57. The van der Waals surface area contributed by atoms with Crippen molar-refractivity contribution in [1.82, 2.24) is 19.6 Å². The molecular formula is C21H30N6O2S. The van der Waals surface area contributed by atoms with Crippen LogP contribution >= 0.6 is 11.5 Å². The topological polar surface area (TPSA) is 75.1 Å². The number of rotatable bonds is 5. The van der Waals surface area contributed by atoms with Crippen LogP contribution in [0.2, 0.25) is 0 Å². The van der Waals surface area contributed by atoms with Crippen LogP contribution < -0.4 is 19.7 Å². The molecule has 1 fully saturated rings. The lowest BCUT2D eigenvalue weighted by atomic mass is 10.1. The maximum atomic E-state index is 5.92. The molecule has 4 rings (SSSR count). The Bertz CT molecular complexity index is 907. The standard InChI is InChI=1S/C21H30N6O2S/c1-5-19-24-21(30-25-19)27-8-6-26(7-9-27)20(22-3)23-13-16-12-18-15(10-14(2)29-18)11-17(16)28-4/h11-12,14H,5-10,13H2,1-4H3,(H,22,23). The summed E-state index contributed by atoms with van der Waals surface area (Å²) in [5, 5.41) is 4.52. The van der Waals surface area contributed by atoms with Gasteiger partial charge in [-0.1, -0.05) is 6.92 Å². The summed E-state index contributed by atoms with van der Waals surface area (Å²) in [6.45, 7) is 8.42. The Morgan fingerprint density at radius 1 is 1.33 bits per heavy atom. The lowest BCUT2D eigenvalue weighted by molar-refractivity contribution is 0.254. The Morgan fingerprint density at radius 2 is 2.13 bits per heavy atom. The van der Waals surface area contributed by atoms with Crippen molar-refractivity contribution in [2.75, 3.05) is 45.2 Å². The van der Waals surface area contributed by atoms with Crippen molar-refractivity contribution >= 4 is 22.6 Å². The number of aliphatic imine (C=N–C) groups is 1. The van der Waals surface area contributed by atoms with Gasteiger partial charge in [-0.15, -0.1) is 0 Å². The van der Waals surface area contributed by atoms with Crippen LogP contribution in [-0.4, -0.2) is 66.7 Å². The Hall–Kier alpha value is -2.55. The molecule has 30 heavy (non-hydrogen) atoms. The average Bonchev–Trinajstić information content (AvgIpc) is 3.39. The molecule has 0 radical (unpaired) electrons. The van der Waals surface area contributed by atoms with Crippen LogP contribution in [0.4, 0.5) is 5.13 Å². The molecule has 0 aliphatic carbocycles. The molecule has 1 unspecified atom stereocenters. The van der Waals surface area contributed by atoms with Gasteiger partial charge in [0.2, 0.25) is 5.13 Å². The Balaban J connectivity index is 1.36. The van der Waals surface area contributed by atoms with E-state index in [1.54, 1.807) is 7.11 Å². The fourth-order valence-corrected chi connectivity index (χ4v) is 4.74. The van der Waals surface area contributed by atoms with Crippen LogP contribution in [0.25, 0.3) is 0 Å². The van der Waals surface area contributed by atoms with Gasteiger partial charge >= 0.3 is 0 Å². The molecular weight excluding hydrogens is 400 g/mol. The van der Waals surface area contributed by atoms with E-state index in [1.807, 2.05) is 7.05 Å². The number of methoxy groups -OCH3 is 1. The quantitative estimate of drug-likeness (QED) is 0.576. The molecule has 8 nitrogen and oxygen atoms in total. The van der Waals surface area contributed by atoms with Crippen molar-refractivity contribution in [3.63, 3.8) is 0 Å². The van der Waals surface area contributed by atoms with Gasteiger partial charge in [0.05, 0.1) is 7.11 Å². The zero-order chi connectivity index (χ0) is 21.1. The predicted octanol–water partition coefficient (Wildman–Crippen LogP) is 2.33. The van der Waals surface area contributed by atoms with Gasteiger partial charge in [0.25, 0.3) is 0 Å². The van der Waals surface area contributed by atoms with Crippen LogP contribution in [0.5, 0.6) is 11.5 Å². The smallest absolute Gasteiger partial charge is 0.205 e. The zero-order valence-electron chi connectivity index (χ0n) is 18.1. The highest BCUT2D eigenvalue weighted by Gasteiger charge is 2.24. The summed E-state index contributed by atoms with van der Waals surface area (Å²) >= 11 is 1.49. The molecule has 9 heteroatoms. The van der Waals surface area contributed by atoms with Gasteiger partial charge in [0.1, 0.15) is 23.4 Å². The van der Waals surface area contributed by atoms with E-state index in [1.165, 1.54) is 17.1 Å². The summed E-state index contributed by atoms with van der Waals surface area (Å²) < 4.78 is 16.0. The number of aryl methyl sites for hydroxylation is 1. The molecule has 1 saturated heterocycles. The highest BCUT2D eigenvalue weighted by molar-refractivity contribution is 7.09. The van der Waals surface area contributed by atoms with Crippen LogP contribution in [0, 0.1) is 0 Å². The lowest BCUT2D eigenvalue weighted by Crippen LogP contribution is -2.52. The minimum Gasteiger partial charge on any atom is -0.496 e. The first-order valence-corrected chi connectivity index (χ1v) is 11.3. The number of nitrogens with zero attached hydrogens (tertiary/aromatic N) is 5. The summed E-state index contributed by atoms with van der Waals surface area (Å²) in [4.78, 5) is 13.7. The van der Waals surface area contributed by atoms with Gasteiger partial charge in [-0.25, -0.2) is 4.98 Å². The molecule has 0 spiro atoms. The molecule has 3 heterocycles. The largest absolute Gasteiger partial charge is 0.496 e. The average molecular weight is 431 g/mol. The number of hydrogen-bond acceptors (Lipinski definition) is 7. The van der Waals surface area contributed by atoms with E-state index in [2.05, 4.69) is 55.4 Å². The number of piperazine rings is 1. The maximum absolute atomic E-state index is 5.92. The number of fused-ring (bicyclic) bond motifs is 1. The zero-order valence-corrected chi connectivity index (χ0v) is 19.0. The summed E-state index contributed by atoms with van der Waals surface area (Å²) in [5.41, 5.74) is 2.29. The number of guanidine groups is 1. The van der Waals surface area contributed by atoms with E-state index >= 15 is 0 Å². The highest BCUT2D eigenvalue weighted by atomic mass is 32.1. The van der Waals surface area contributed by atoms with Gasteiger partial charge < -0.3 is 24.6 Å². The summed E-state index contributed by atoms with van der Waals surface area (Å²) in [7, 11) is 3.55. The molecule has 162 valence electrons. The molecule has 1 atom stereocenters. The van der Waals surface area contributed by atoms with Gasteiger partial charge in [-0.3, -0.25) is 4.99 Å². The summed E-state index contributed by atoms with van der Waals surface area (Å²) in [6, 6.07) is 4.20. The van der Waals surface area contributed by atoms with Crippen molar-refractivity contribution in [2.24, 2.45) is 4.99 Å². The van der Waals surface area contributed by atoms with Crippen LogP contribution in [0.1, 0.15) is 30.8 Å². The van der Waals surface area contributed by atoms with Crippen molar-refractivity contribution < 1.29 is 9.47 Å². The number of nitrogens with one attached hydrogen (secondary N) is 1. The normalized spacial score (nSPS) is 18.9. The number of aromatic nitrogens is 2. The first-order chi connectivity index (χ1) is 14.6. The number of ether oxygens (including phenoxy) is 2. The highest BCUT2D eigenvalue weighted by Crippen LogP contribution is 2.35. The first kappa shape index (κ1) is 20.7. The summed E-state index contributed by atoms with van der Waals surface area (Å²) in [5.74, 6) is 3.68.